The molecule has 1 heterocycles. The van der Waals surface area contributed by atoms with Crippen LogP contribution in [0.4, 0.5) is 4.79 Å². The first-order valence-corrected chi connectivity index (χ1v) is 11.2. The zero-order valence-electron chi connectivity index (χ0n) is 18.0. The number of imide groups is 1. The van der Waals surface area contributed by atoms with E-state index >= 15 is 0 Å². The summed E-state index contributed by atoms with van der Waals surface area (Å²) in [4.78, 5) is 38.0. The van der Waals surface area contributed by atoms with E-state index in [-0.39, 0.29) is 53.0 Å². The first-order valence-electron chi connectivity index (χ1n) is 10.0. The molecular formula is C23H22ClNO7S. The van der Waals surface area contributed by atoms with E-state index in [1.54, 1.807) is 37.3 Å². The van der Waals surface area contributed by atoms with Gasteiger partial charge in [-0.15, -0.1) is 0 Å². The second-order valence-electron chi connectivity index (χ2n) is 6.62. The lowest BCUT2D eigenvalue weighted by molar-refractivity contribution is -0.145. The number of rotatable bonds is 10. The summed E-state index contributed by atoms with van der Waals surface area (Å²) in [6.45, 7) is 1.91. The molecule has 0 saturated carbocycles. The maximum atomic E-state index is 12.7. The zero-order valence-corrected chi connectivity index (χ0v) is 19.6. The van der Waals surface area contributed by atoms with Gasteiger partial charge in [0.1, 0.15) is 12.4 Å². The number of amides is 2. The molecule has 0 bridgehead atoms. The number of para-hydroxylation sites is 1. The minimum atomic E-state index is -0.537. The second kappa shape index (κ2) is 11.6. The molecule has 2 aromatic rings. The van der Waals surface area contributed by atoms with E-state index in [0.29, 0.717) is 11.3 Å². The van der Waals surface area contributed by atoms with Crippen LogP contribution in [0.1, 0.15) is 12.5 Å². The molecule has 1 aliphatic heterocycles. The Balaban J connectivity index is 1.69. The van der Waals surface area contributed by atoms with Crippen LogP contribution in [-0.2, 0) is 14.3 Å². The SMILES string of the molecule is CCOC(=O)COc1c(Cl)cc(/C=C2\SC(=O)N(CCOc3ccccc3)C2=O)cc1OC. The van der Waals surface area contributed by atoms with E-state index in [1.165, 1.54) is 7.11 Å². The van der Waals surface area contributed by atoms with E-state index in [4.69, 9.17) is 30.5 Å². The van der Waals surface area contributed by atoms with Crippen LogP contribution < -0.4 is 14.2 Å². The van der Waals surface area contributed by atoms with Gasteiger partial charge >= 0.3 is 5.97 Å². The summed E-state index contributed by atoms with van der Waals surface area (Å²) in [6, 6.07) is 12.3. The molecule has 0 aromatic heterocycles. The molecule has 33 heavy (non-hydrogen) atoms. The number of carbonyl (C=O) groups is 3. The van der Waals surface area contributed by atoms with Crippen molar-refractivity contribution in [2.75, 3.05) is 33.5 Å². The van der Waals surface area contributed by atoms with Gasteiger partial charge in [-0.2, -0.15) is 0 Å². The van der Waals surface area contributed by atoms with Gasteiger partial charge in [-0.25, -0.2) is 4.79 Å². The smallest absolute Gasteiger partial charge is 0.344 e. The molecule has 10 heteroatoms. The molecule has 1 aliphatic rings. The van der Waals surface area contributed by atoms with Crippen LogP contribution in [0.5, 0.6) is 17.2 Å². The Morgan fingerprint density at radius 3 is 2.61 bits per heavy atom. The number of hydrogen-bond acceptors (Lipinski definition) is 8. The molecule has 0 N–H and O–H groups in total. The fraction of sp³-hybridized carbons (Fsp3) is 0.261. The summed E-state index contributed by atoms with van der Waals surface area (Å²) in [7, 11) is 1.42. The van der Waals surface area contributed by atoms with Crippen molar-refractivity contribution in [3.05, 3.63) is 58.0 Å². The number of thioether (sulfide) groups is 1. The summed E-state index contributed by atoms with van der Waals surface area (Å²) in [5.41, 5.74) is 0.534. The highest BCUT2D eigenvalue weighted by Gasteiger charge is 2.35. The predicted octanol–water partition coefficient (Wildman–Crippen LogP) is 4.41. The van der Waals surface area contributed by atoms with E-state index in [2.05, 4.69) is 0 Å². The van der Waals surface area contributed by atoms with Crippen LogP contribution in [0, 0.1) is 0 Å². The standard InChI is InChI=1S/C23H22ClNO7S/c1-3-30-20(26)14-32-21-17(24)11-15(12-18(21)29-2)13-19-22(27)25(23(28)33-19)9-10-31-16-7-5-4-6-8-16/h4-8,11-13H,3,9-10,14H2,1-2H3/b19-13-. The lowest BCUT2D eigenvalue weighted by Gasteiger charge is -2.13. The van der Waals surface area contributed by atoms with Crippen LogP contribution >= 0.6 is 23.4 Å². The second-order valence-corrected chi connectivity index (χ2v) is 8.02. The highest BCUT2D eigenvalue weighted by atomic mass is 35.5. The summed E-state index contributed by atoms with van der Waals surface area (Å²) < 4.78 is 21.2. The fourth-order valence-electron chi connectivity index (χ4n) is 2.91. The number of carbonyl (C=O) groups excluding carboxylic acids is 3. The summed E-state index contributed by atoms with van der Waals surface area (Å²) >= 11 is 7.14. The lowest BCUT2D eigenvalue weighted by atomic mass is 10.1. The third-order valence-corrected chi connectivity index (χ3v) is 5.58. The van der Waals surface area contributed by atoms with Crippen LogP contribution in [0.25, 0.3) is 6.08 Å². The highest BCUT2D eigenvalue weighted by molar-refractivity contribution is 8.18. The summed E-state index contributed by atoms with van der Waals surface area (Å²) in [5.74, 6) is 0.153. The van der Waals surface area contributed by atoms with Crippen molar-refractivity contribution < 1.29 is 33.3 Å². The van der Waals surface area contributed by atoms with Crippen molar-refractivity contribution in [3.8, 4) is 17.2 Å². The number of nitrogens with zero attached hydrogens (tertiary/aromatic N) is 1. The molecule has 1 fully saturated rings. The molecule has 0 radical (unpaired) electrons. The monoisotopic (exact) mass is 491 g/mol. The van der Waals surface area contributed by atoms with Crippen LogP contribution in [-0.4, -0.2) is 55.5 Å². The molecule has 2 amide bonds. The Hall–Kier alpha value is -3.17. The molecule has 0 unspecified atom stereocenters. The van der Waals surface area contributed by atoms with Gasteiger partial charge in [0.05, 0.1) is 30.2 Å². The van der Waals surface area contributed by atoms with Crippen molar-refractivity contribution >= 4 is 46.6 Å². The number of methoxy groups -OCH3 is 1. The van der Waals surface area contributed by atoms with Crippen molar-refractivity contribution in [2.45, 2.75) is 6.92 Å². The Morgan fingerprint density at radius 2 is 1.91 bits per heavy atom. The fourth-order valence-corrected chi connectivity index (χ4v) is 4.05. The number of ether oxygens (including phenoxy) is 4. The summed E-state index contributed by atoms with van der Waals surface area (Å²) in [6.07, 6.45) is 1.55. The quantitative estimate of drug-likeness (QED) is 0.356. The van der Waals surface area contributed by atoms with Crippen LogP contribution in [0.2, 0.25) is 5.02 Å². The molecule has 0 aliphatic carbocycles. The molecule has 2 aromatic carbocycles. The number of halogens is 1. The Labute approximate surface area is 200 Å². The zero-order chi connectivity index (χ0) is 23.8. The average Bonchev–Trinajstić information content (AvgIpc) is 3.06. The number of benzene rings is 2. The van der Waals surface area contributed by atoms with E-state index in [9.17, 15) is 14.4 Å². The van der Waals surface area contributed by atoms with Gasteiger partial charge in [0, 0.05) is 0 Å². The van der Waals surface area contributed by atoms with Gasteiger partial charge in [-0.05, 0) is 54.6 Å². The van der Waals surface area contributed by atoms with Crippen LogP contribution in [0.3, 0.4) is 0 Å². The van der Waals surface area contributed by atoms with Crippen molar-refractivity contribution in [1.29, 1.82) is 0 Å². The number of hydrogen-bond donors (Lipinski definition) is 0. The van der Waals surface area contributed by atoms with Gasteiger partial charge in [0.2, 0.25) is 0 Å². The summed E-state index contributed by atoms with van der Waals surface area (Å²) in [5, 5.41) is -0.198. The topological polar surface area (TPSA) is 91.4 Å². The van der Waals surface area contributed by atoms with Crippen LogP contribution in [0.15, 0.2) is 47.4 Å². The highest BCUT2D eigenvalue weighted by Crippen LogP contribution is 2.39. The van der Waals surface area contributed by atoms with Gasteiger partial charge in [0.15, 0.2) is 18.1 Å². The maximum absolute atomic E-state index is 12.7. The van der Waals surface area contributed by atoms with Crippen molar-refractivity contribution in [2.24, 2.45) is 0 Å². The minimum absolute atomic E-state index is 0.127. The van der Waals surface area contributed by atoms with Gasteiger partial charge in [-0.3, -0.25) is 14.5 Å². The average molecular weight is 492 g/mol. The molecular weight excluding hydrogens is 470 g/mol. The van der Waals surface area contributed by atoms with Gasteiger partial charge in [-0.1, -0.05) is 29.8 Å². The Kier molecular flexibility index (Phi) is 8.62. The Bertz CT molecular complexity index is 1060. The molecule has 8 nitrogen and oxygen atoms in total. The largest absolute Gasteiger partial charge is 0.493 e. The molecule has 174 valence electrons. The third kappa shape index (κ3) is 6.43. The molecule has 3 rings (SSSR count). The van der Waals surface area contributed by atoms with Gasteiger partial charge < -0.3 is 18.9 Å². The molecule has 0 atom stereocenters. The van der Waals surface area contributed by atoms with Crippen molar-refractivity contribution in [1.82, 2.24) is 4.90 Å². The van der Waals surface area contributed by atoms with E-state index in [0.717, 1.165) is 16.7 Å². The Morgan fingerprint density at radius 1 is 1.15 bits per heavy atom. The first-order chi connectivity index (χ1) is 15.9. The van der Waals surface area contributed by atoms with E-state index in [1.807, 2.05) is 18.2 Å². The number of esters is 1. The maximum Gasteiger partial charge on any atom is 0.344 e. The third-order valence-electron chi connectivity index (χ3n) is 4.39. The minimum Gasteiger partial charge on any atom is -0.493 e. The normalized spacial score (nSPS) is 14.5. The molecule has 1 saturated heterocycles. The predicted molar refractivity (Wildman–Crippen MR) is 125 cm³/mol. The first kappa shape index (κ1) is 24.5. The van der Waals surface area contributed by atoms with Crippen molar-refractivity contribution in [3.63, 3.8) is 0 Å². The van der Waals surface area contributed by atoms with Gasteiger partial charge in [0.25, 0.3) is 11.1 Å². The molecule has 0 spiro atoms. The lowest BCUT2D eigenvalue weighted by Crippen LogP contribution is -2.32. The van der Waals surface area contributed by atoms with E-state index < -0.39 is 11.9 Å².